The van der Waals surface area contributed by atoms with Gasteiger partial charge in [0.15, 0.2) is 5.78 Å². The van der Waals surface area contributed by atoms with Gasteiger partial charge in [-0.3, -0.25) is 14.4 Å². The first-order valence-corrected chi connectivity index (χ1v) is 7.81. The number of thiophene rings is 2. The van der Waals surface area contributed by atoms with Crippen LogP contribution < -0.4 is 11.1 Å². The summed E-state index contributed by atoms with van der Waals surface area (Å²) in [7, 11) is 0. The van der Waals surface area contributed by atoms with Crippen LogP contribution in [0.1, 0.15) is 47.8 Å². The van der Waals surface area contributed by atoms with Gasteiger partial charge < -0.3 is 11.1 Å². The molecule has 2 heterocycles. The monoisotopic (exact) mass is 322 g/mol. The fourth-order valence-corrected chi connectivity index (χ4v) is 3.72. The highest BCUT2D eigenvalue weighted by molar-refractivity contribution is 7.17. The largest absolute Gasteiger partial charge is 0.365 e. The normalized spacial score (nSPS) is 10.4. The zero-order valence-corrected chi connectivity index (χ0v) is 13.4. The lowest BCUT2D eigenvalue weighted by Gasteiger charge is -2.03. The van der Waals surface area contributed by atoms with Crippen LogP contribution in [0.3, 0.4) is 0 Å². The molecular formula is C14H14N2O3S2. The van der Waals surface area contributed by atoms with Gasteiger partial charge >= 0.3 is 0 Å². The van der Waals surface area contributed by atoms with E-state index in [1.165, 1.54) is 29.6 Å². The van der Waals surface area contributed by atoms with E-state index >= 15 is 0 Å². The minimum atomic E-state index is -0.567. The second-order valence-electron chi connectivity index (χ2n) is 4.56. The van der Waals surface area contributed by atoms with Crippen LogP contribution in [-0.2, 0) is 0 Å². The van der Waals surface area contributed by atoms with Gasteiger partial charge in [-0.05, 0) is 32.4 Å². The van der Waals surface area contributed by atoms with E-state index in [-0.39, 0.29) is 11.7 Å². The van der Waals surface area contributed by atoms with E-state index in [2.05, 4.69) is 5.32 Å². The van der Waals surface area contributed by atoms with E-state index in [4.69, 9.17) is 5.73 Å². The number of ketones is 1. The number of rotatable bonds is 4. The molecule has 2 aromatic rings. The molecule has 0 aliphatic heterocycles. The number of hydrogen-bond acceptors (Lipinski definition) is 5. The van der Waals surface area contributed by atoms with E-state index in [1.54, 1.807) is 18.4 Å². The van der Waals surface area contributed by atoms with E-state index in [0.717, 1.165) is 10.4 Å². The molecule has 2 amide bonds. The Kier molecular flexibility index (Phi) is 4.24. The third kappa shape index (κ3) is 3.03. The van der Waals surface area contributed by atoms with Crippen LogP contribution in [0.2, 0.25) is 0 Å². The molecule has 0 spiro atoms. The molecule has 2 rings (SSSR count). The summed E-state index contributed by atoms with van der Waals surface area (Å²) in [5.41, 5.74) is 6.98. The number of nitrogens with two attached hydrogens (primary N) is 1. The number of anilines is 1. The molecule has 0 fully saturated rings. The fraction of sp³-hybridized carbons (Fsp3) is 0.214. The van der Waals surface area contributed by atoms with Crippen molar-refractivity contribution in [2.75, 3.05) is 5.32 Å². The highest BCUT2D eigenvalue weighted by atomic mass is 32.1. The van der Waals surface area contributed by atoms with Crippen LogP contribution >= 0.6 is 22.7 Å². The van der Waals surface area contributed by atoms with Gasteiger partial charge in [-0.15, -0.1) is 22.7 Å². The quantitative estimate of drug-likeness (QED) is 0.848. The third-order valence-electron chi connectivity index (χ3n) is 3.09. The van der Waals surface area contributed by atoms with Crippen LogP contribution in [0.25, 0.3) is 0 Å². The minimum Gasteiger partial charge on any atom is -0.365 e. The first kappa shape index (κ1) is 15.4. The maximum Gasteiger partial charge on any atom is 0.266 e. The summed E-state index contributed by atoms with van der Waals surface area (Å²) in [5, 5.41) is 4.78. The number of carbonyl (C=O) groups excluding carboxylic acids is 3. The van der Waals surface area contributed by atoms with Gasteiger partial charge in [0, 0.05) is 15.8 Å². The number of Topliss-reactive ketones (excluding diaryl/α,β-unsaturated/α-hetero) is 1. The van der Waals surface area contributed by atoms with Crippen LogP contribution in [0.4, 0.5) is 5.00 Å². The lowest BCUT2D eigenvalue weighted by atomic mass is 10.1. The van der Waals surface area contributed by atoms with Gasteiger partial charge in [0.05, 0.1) is 10.4 Å². The topological polar surface area (TPSA) is 89.3 Å². The van der Waals surface area contributed by atoms with Crippen molar-refractivity contribution in [2.45, 2.75) is 20.8 Å². The predicted molar refractivity (Wildman–Crippen MR) is 84.6 cm³/mol. The van der Waals surface area contributed by atoms with Crippen molar-refractivity contribution in [3.63, 3.8) is 0 Å². The first-order chi connectivity index (χ1) is 9.81. The van der Waals surface area contributed by atoms with E-state index < -0.39 is 5.91 Å². The maximum absolute atomic E-state index is 12.2. The zero-order valence-electron chi connectivity index (χ0n) is 11.8. The van der Waals surface area contributed by atoms with Crippen molar-refractivity contribution in [1.29, 1.82) is 0 Å². The van der Waals surface area contributed by atoms with Gasteiger partial charge in [0.2, 0.25) is 0 Å². The Balaban J connectivity index is 2.29. The summed E-state index contributed by atoms with van der Waals surface area (Å²) in [5.74, 6) is -1.01. The summed E-state index contributed by atoms with van der Waals surface area (Å²) >= 11 is 2.50. The Labute approximate surface area is 129 Å². The summed E-state index contributed by atoms with van der Waals surface area (Å²) in [6.07, 6.45) is 0. The lowest BCUT2D eigenvalue weighted by molar-refractivity contribution is 0.0996. The van der Waals surface area contributed by atoms with Crippen molar-refractivity contribution < 1.29 is 14.4 Å². The molecule has 0 aliphatic carbocycles. The molecule has 5 nitrogen and oxygen atoms in total. The molecule has 0 radical (unpaired) electrons. The summed E-state index contributed by atoms with van der Waals surface area (Å²) in [6, 6.07) is 1.54. The van der Waals surface area contributed by atoms with Gasteiger partial charge in [-0.2, -0.15) is 0 Å². The molecular weight excluding hydrogens is 308 g/mol. The van der Waals surface area contributed by atoms with Gasteiger partial charge in [0.25, 0.3) is 11.8 Å². The van der Waals surface area contributed by atoms with Gasteiger partial charge in [0.1, 0.15) is 5.00 Å². The third-order valence-corrected chi connectivity index (χ3v) is 5.14. The summed E-state index contributed by atoms with van der Waals surface area (Å²) in [6.45, 7) is 5.10. The summed E-state index contributed by atoms with van der Waals surface area (Å²) < 4.78 is 0. The molecule has 0 atom stereocenters. The molecule has 7 heteroatoms. The van der Waals surface area contributed by atoms with Crippen molar-refractivity contribution in [3.8, 4) is 0 Å². The lowest BCUT2D eigenvalue weighted by Crippen LogP contribution is -2.16. The first-order valence-electron chi connectivity index (χ1n) is 6.12. The Morgan fingerprint density at radius 1 is 1.24 bits per heavy atom. The number of hydrogen-bond donors (Lipinski definition) is 2. The van der Waals surface area contributed by atoms with Crippen LogP contribution in [0.5, 0.6) is 0 Å². The highest BCUT2D eigenvalue weighted by Gasteiger charge is 2.20. The van der Waals surface area contributed by atoms with Crippen molar-refractivity contribution in [3.05, 3.63) is 37.9 Å². The molecule has 0 bridgehead atoms. The maximum atomic E-state index is 12.2. The summed E-state index contributed by atoms with van der Waals surface area (Å²) in [4.78, 5) is 36.3. The Morgan fingerprint density at radius 2 is 1.90 bits per heavy atom. The molecule has 3 N–H and O–H groups in total. The molecule has 0 unspecified atom stereocenters. The Bertz CT molecular complexity index is 743. The molecule has 2 aromatic heterocycles. The second kappa shape index (κ2) is 5.79. The number of carbonyl (C=O) groups is 3. The number of aryl methyl sites for hydroxylation is 1. The standard InChI is InChI=1S/C14H14N2O3S2/c1-6-8(3)21-14(11(6)12(15)18)16-13(19)10-4-9(5-20-10)7(2)17/h4-5H,1-3H3,(H2,15,18)(H,16,19). The van der Waals surface area contributed by atoms with Gasteiger partial charge in [-0.25, -0.2) is 0 Å². The van der Waals surface area contributed by atoms with E-state index in [1.807, 2.05) is 6.92 Å². The molecule has 0 saturated heterocycles. The smallest absolute Gasteiger partial charge is 0.266 e. The van der Waals surface area contributed by atoms with Crippen molar-refractivity contribution in [1.82, 2.24) is 0 Å². The fourth-order valence-electron chi connectivity index (χ4n) is 1.82. The zero-order chi connectivity index (χ0) is 15.7. The highest BCUT2D eigenvalue weighted by Crippen LogP contribution is 2.32. The van der Waals surface area contributed by atoms with E-state index in [0.29, 0.717) is 21.0 Å². The number of nitrogens with one attached hydrogen (secondary N) is 1. The second-order valence-corrected chi connectivity index (χ2v) is 6.70. The van der Waals surface area contributed by atoms with Crippen LogP contribution in [0, 0.1) is 13.8 Å². The number of amides is 2. The molecule has 21 heavy (non-hydrogen) atoms. The van der Waals surface area contributed by atoms with E-state index in [9.17, 15) is 14.4 Å². The molecule has 0 saturated carbocycles. The SMILES string of the molecule is CC(=O)c1csc(C(=O)Nc2sc(C)c(C)c2C(N)=O)c1. The predicted octanol–water partition coefficient (Wildman–Crippen LogP) is 2.98. The molecule has 0 aromatic carbocycles. The average Bonchev–Trinajstić information content (AvgIpc) is 2.96. The number of primary amides is 1. The van der Waals surface area contributed by atoms with Crippen LogP contribution in [-0.4, -0.2) is 17.6 Å². The molecule has 110 valence electrons. The minimum absolute atomic E-state index is 0.0917. The average molecular weight is 322 g/mol. The Morgan fingerprint density at radius 3 is 2.43 bits per heavy atom. The van der Waals surface area contributed by atoms with Crippen LogP contribution in [0.15, 0.2) is 11.4 Å². The van der Waals surface area contributed by atoms with Gasteiger partial charge in [-0.1, -0.05) is 0 Å². The Hall–Kier alpha value is -1.99. The van der Waals surface area contributed by atoms with Crippen molar-refractivity contribution >= 4 is 45.3 Å². The molecule has 0 aliphatic rings. The van der Waals surface area contributed by atoms with Crippen molar-refractivity contribution in [2.24, 2.45) is 5.73 Å².